The molecule has 10 heteroatoms. The van der Waals surface area contributed by atoms with Gasteiger partial charge in [-0.15, -0.1) is 0 Å². The van der Waals surface area contributed by atoms with Crippen molar-refractivity contribution in [3.8, 4) is 5.75 Å². The number of aryl methyl sites for hydroxylation is 1. The molecule has 1 amide bonds. The Kier molecular flexibility index (Phi) is 7.87. The second kappa shape index (κ2) is 10.9. The second-order valence-corrected chi connectivity index (χ2v) is 9.33. The van der Waals surface area contributed by atoms with E-state index >= 15 is 0 Å². The van der Waals surface area contributed by atoms with Crippen LogP contribution in [0.5, 0.6) is 5.75 Å². The Bertz CT molecular complexity index is 1360. The molecule has 4 aromatic rings. The minimum Gasteiger partial charge on any atom is -0.486 e. The first-order valence-electron chi connectivity index (χ1n) is 10.4. The number of aromatic nitrogens is 2. The Hall–Kier alpha value is -2.77. The van der Waals surface area contributed by atoms with Crippen LogP contribution in [0.4, 0.5) is 10.2 Å². The third-order valence-corrected chi connectivity index (χ3v) is 6.26. The maximum absolute atomic E-state index is 14.2. The summed E-state index contributed by atoms with van der Waals surface area (Å²) in [5.74, 6) is -0.133. The average Bonchev–Trinajstić information content (AvgIpc) is 3.14. The summed E-state index contributed by atoms with van der Waals surface area (Å²) in [4.78, 5) is 12.8. The molecule has 0 atom stereocenters. The van der Waals surface area contributed by atoms with E-state index in [4.69, 9.17) is 51.1 Å². The highest BCUT2D eigenvalue weighted by atomic mass is 35.5. The van der Waals surface area contributed by atoms with E-state index in [1.807, 2.05) is 13.0 Å². The lowest BCUT2D eigenvalue weighted by molar-refractivity contribution is 0.102. The molecule has 0 radical (unpaired) electrons. The largest absolute Gasteiger partial charge is 0.486 e. The maximum atomic E-state index is 14.2. The second-order valence-electron chi connectivity index (χ2n) is 7.67. The molecule has 35 heavy (non-hydrogen) atoms. The van der Waals surface area contributed by atoms with Crippen molar-refractivity contribution in [2.45, 2.75) is 20.1 Å². The number of anilines is 1. The minimum atomic E-state index is -0.418. The molecule has 0 fully saturated rings. The number of carbonyl (C=O) groups is 1. The highest BCUT2D eigenvalue weighted by molar-refractivity contribution is 6.40. The van der Waals surface area contributed by atoms with Crippen molar-refractivity contribution >= 4 is 58.1 Å². The van der Waals surface area contributed by atoms with Gasteiger partial charge in [0.1, 0.15) is 12.4 Å². The molecule has 180 valence electrons. The van der Waals surface area contributed by atoms with Gasteiger partial charge < -0.3 is 10.1 Å². The van der Waals surface area contributed by atoms with Gasteiger partial charge in [0, 0.05) is 32.9 Å². The Morgan fingerprint density at radius 3 is 2.43 bits per heavy atom. The smallest absolute Gasteiger partial charge is 0.256 e. The summed E-state index contributed by atoms with van der Waals surface area (Å²) in [6.07, 6.45) is 0. The van der Waals surface area contributed by atoms with Crippen LogP contribution in [0.2, 0.25) is 20.1 Å². The molecule has 4 rings (SSSR count). The van der Waals surface area contributed by atoms with Gasteiger partial charge >= 0.3 is 0 Å². The minimum absolute atomic E-state index is 0.135. The van der Waals surface area contributed by atoms with Crippen molar-refractivity contribution in [2.24, 2.45) is 0 Å². The number of benzene rings is 3. The normalized spacial score (nSPS) is 10.9. The predicted octanol–water partition coefficient (Wildman–Crippen LogP) is 7.82. The van der Waals surface area contributed by atoms with Crippen LogP contribution in [0, 0.1) is 12.7 Å². The van der Waals surface area contributed by atoms with Crippen LogP contribution in [-0.2, 0) is 13.2 Å². The molecule has 0 aliphatic heterocycles. The van der Waals surface area contributed by atoms with Crippen molar-refractivity contribution in [2.75, 3.05) is 5.32 Å². The topological polar surface area (TPSA) is 56.1 Å². The van der Waals surface area contributed by atoms with E-state index in [9.17, 15) is 9.18 Å². The molecule has 0 bridgehead atoms. The molecular weight excluding hydrogens is 535 g/mol. The Labute approximate surface area is 221 Å². The quantitative estimate of drug-likeness (QED) is 0.254. The molecule has 3 aromatic carbocycles. The van der Waals surface area contributed by atoms with Crippen LogP contribution < -0.4 is 10.1 Å². The number of carbonyl (C=O) groups excluding carboxylic acids is 1. The van der Waals surface area contributed by atoms with Crippen LogP contribution in [-0.4, -0.2) is 15.7 Å². The molecule has 0 aliphatic carbocycles. The number of halogens is 5. The molecule has 1 aromatic heterocycles. The monoisotopic (exact) mass is 551 g/mol. The van der Waals surface area contributed by atoms with Gasteiger partial charge in [-0.25, -0.2) is 4.39 Å². The van der Waals surface area contributed by atoms with E-state index in [0.717, 1.165) is 11.3 Å². The van der Waals surface area contributed by atoms with Gasteiger partial charge in [0.15, 0.2) is 11.6 Å². The van der Waals surface area contributed by atoms with Crippen LogP contribution >= 0.6 is 46.4 Å². The Morgan fingerprint density at radius 1 is 1.00 bits per heavy atom. The number of nitrogens with one attached hydrogen (secondary N) is 1. The lowest BCUT2D eigenvalue weighted by Gasteiger charge is -2.11. The predicted molar refractivity (Wildman–Crippen MR) is 138 cm³/mol. The molecule has 0 saturated carbocycles. The van der Waals surface area contributed by atoms with Gasteiger partial charge in [-0.1, -0.05) is 64.6 Å². The summed E-state index contributed by atoms with van der Waals surface area (Å²) in [5.41, 5.74) is 2.20. The number of amides is 1. The van der Waals surface area contributed by atoms with Gasteiger partial charge in [-0.3, -0.25) is 9.48 Å². The molecule has 0 spiro atoms. The van der Waals surface area contributed by atoms with Crippen LogP contribution in [0.25, 0.3) is 0 Å². The summed E-state index contributed by atoms with van der Waals surface area (Å²) >= 11 is 24.4. The first-order chi connectivity index (χ1) is 16.7. The summed E-state index contributed by atoms with van der Waals surface area (Å²) in [6.45, 7) is 2.08. The van der Waals surface area contributed by atoms with E-state index in [1.165, 1.54) is 18.2 Å². The van der Waals surface area contributed by atoms with Crippen LogP contribution in [0.15, 0.2) is 60.7 Å². The maximum Gasteiger partial charge on any atom is 0.256 e. The number of hydrogen-bond acceptors (Lipinski definition) is 3. The summed E-state index contributed by atoms with van der Waals surface area (Å²) < 4.78 is 21.5. The zero-order valence-corrected chi connectivity index (χ0v) is 21.3. The van der Waals surface area contributed by atoms with Gasteiger partial charge in [-0.2, -0.15) is 5.10 Å². The fourth-order valence-corrected chi connectivity index (χ4v) is 4.53. The summed E-state index contributed by atoms with van der Waals surface area (Å²) in [7, 11) is 0. The third kappa shape index (κ3) is 6.08. The van der Waals surface area contributed by atoms with Crippen LogP contribution in [0.3, 0.4) is 0 Å². The number of nitrogens with zero attached hydrogens (tertiary/aromatic N) is 2. The van der Waals surface area contributed by atoms with Crippen molar-refractivity contribution < 1.29 is 13.9 Å². The van der Waals surface area contributed by atoms with E-state index in [0.29, 0.717) is 42.8 Å². The SMILES string of the molecule is Cc1cc(NC(=O)c2cccc(COc3c(Cl)cc(Cl)cc3Cl)c2)nn1Cc1c(F)cccc1Cl. The van der Waals surface area contributed by atoms with Crippen molar-refractivity contribution in [1.29, 1.82) is 0 Å². The van der Waals surface area contributed by atoms with Gasteiger partial charge in [0.25, 0.3) is 5.91 Å². The van der Waals surface area contributed by atoms with Gasteiger partial charge in [0.2, 0.25) is 0 Å². The van der Waals surface area contributed by atoms with Crippen LogP contribution in [0.1, 0.15) is 27.2 Å². The molecule has 1 heterocycles. The highest BCUT2D eigenvalue weighted by Gasteiger charge is 2.14. The first-order valence-corrected chi connectivity index (χ1v) is 11.9. The molecule has 0 saturated heterocycles. The average molecular weight is 553 g/mol. The zero-order valence-electron chi connectivity index (χ0n) is 18.3. The van der Waals surface area contributed by atoms with E-state index in [-0.39, 0.29) is 19.1 Å². The number of rotatable bonds is 7. The highest BCUT2D eigenvalue weighted by Crippen LogP contribution is 2.36. The molecule has 0 aliphatic rings. The Morgan fingerprint density at radius 2 is 1.71 bits per heavy atom. The van der Waals surface area contributed by atoms with E-state index in [1.54, 1.807) is 41.1 Å². The van der Waals surface area contributed by atoms with Gasteiger partial charge in [-0.05, 0) is 48.9 Å². The van der Waals surface area contributed by atoms with Crippen molar-refractivity contribution in [3.63, 3.8) is 0 Å². The van der Waals surface area contributed by atoms with E-state index in [2.05, 4.69) is 10.4 Å². The Balaban J connectivity index is 1.45. The van der Waals surface area contributed by atoms with Crippen molar-refractivity contribution in [3.05, 3.63) is 109 Å². The molecule has 1 N–H and O–H groups in total. The lowest BCUT2D eigenvalue weighted by atomic mass is 10.1. The van der Waals surface area contributed by atoms with Crippen molar-refractivity contribution in [1.82, 2.24) is 9.78 Å². The first kappa shape index (κ1) is 25.3. The molecule has 0 unspecified atom stereocenters. The fourth-order valence-electron chi connectivity index (χ4n) is 3.38. The number of ether oxygens (including phenoxy) is 1. The summed E-state index contributed by atoms with van der Waals surface area (Å²) in [5, 5.41) is 8.43. The lowest BCUT2D eigenvalue weighted by Crippen LogP contribution is -2.13. The zero-order chi connectivity index (χ0) is 25.1. The molecular formula is C25H18Cl4FN3O2. The molecule has 5 nitrogen and oxygen atoms in total. The summed E-state index contributed by atoms with van der Waals surface area (Å²) in [6, 6.07) is 16.2. The van der Waals surface area contributed by atoms with E-state index < -0.39 is 5.82 Å². The standard InChI is InChI=1S/C25H18Cl4FN3O2/c1-14-8-23(32-33(14)12-18-19(27)6-3-7-22(18)30)31-25(34)16-5-2-4-15(9-16)13-35-24-20(28)10-17(26)11-21(24)29/h2-11H,12-13H2,1H3,(H,31,32,34). The third-order valence-electron chi connectivity index (χ3n) is 5.13. The van der Waals surface area contributed by atoms with Gasteiger partial charge in [0.05, 0.1) is 16.6 Å². The fraction of sp³-hybridized carbons (Fsp3) is 0.120. The number of hydrogen-bond donors (Lipinski definition) is 1.